The van der Waals surface area contributed by atoms with Crippen LogP contribution in [-0.2, 0) is 0 Å². The van der Waals surface area contributed by atoms with E-state index in [1.165, 1.54) is 82.8 Å². The van der Waals surface area contributed by atoms with Gasteiger partial charge in [0.2, 0.25) is 0 Å². The van der Waals surface area contributed by atoms with Crippen LogP contribution < -0.4 is 0 Å². The van der Waals surface area contributed by atoms with Gasteiger partial charge >= 0.3 is 232 Å². The van der Waals surface area contributed by atoms with Crippen molar-refractivity contribution in [2.24, 2.45) is 0 Å². The fourth-order valence-electron chi connectivity index (χ4n) is 7.78. The Hall–Kier alpha value is 2.25. The van der Waals surface area contributed by atoms with Crippen LogP contribution in [0.15, 0.2) is 0 Å². The van der Waals surface area contributed by atoms with Crippen molar-refractivity contribution in [3.8, 4) is 0 Å². The summed E-state index contributed by atoms with van der Waals surface area (Å²) in [5.74, 6) is 2.53. The maximum atomic E-state index is 2.53. The van der Waals surface area contributed by atoms with Crippen molar-refractivity contribution in [3.63, 3.8) is 0 Å². The first kappa shape index (κ1) is 75.8. The molecule has 0 heterocycles. The zero-order valence-electron chi connectivity index (χ0n) is 51.9. The zero-order valence-corrected chi connectivity index (χ0v) is 60.0. The molecule has 0 aliphatic heterocycles. The van der Waals surface area contributed by atoms with E-state index in [0.717, 1.165) is 48.3 Å². The van der Waals surface area contributed by atoms with E-state index < -0.39 is 66.0 Å². The van der Waals surface area contributed by atoms with Crippen LogP contribution in [-0.4, -0.2) is 266 Å². The Labute approximate surface area is 449 Å². The first-order valence-corrected chi connectivity index (χ1v) is 45.7. The van der Waals surface area contributed by atoms with Gasteiger partial charge in [-0.15, -0.1) is 5.79 Å². The van der Waals surface area contributed by atoms with Gasteiger partial charge in [0.25, 0.3) is 28.3 Å². The minimum atomic E-state index is -1.17. The summed E-state index contributed by atoms with van der Waals surface area (Å²) in [5, 5.41) is 7.52. The van der Waals surface area contributed by atoms with Gasteiger partial charge in [0.15, 0.2) is 0 Å². The molecule has 8 atom stereocenters. The molecule has 0 saturated heterocycles. The second-order valence-corrected chi connectivity index (χ2v) is 49.5. The van der Waals surface area contributed by atoms with Gasteiger partial charge in [0.05, 0.1) is 0 Å². The molecular weight excluding hydrogens is 1010 g/mol. The van der Waals surface area contributed by atoms with Crippen LogP contribution in [0.1, 0.15) is 128 Å². The van der Waals surface area contributed by atoms with Crippen LogP contribution in [0, 0.1) is 0 Å². The Morgan fingerprint density at radius 1 is 0.358 bits per heavy atom. The molecule has 0 rings (SSSR count). The van der Waals surface area contributed by atoms with Crippen LogP contribution in [0.4, 0.5) is 0 Å². The monoisotopic (exact) mass is 1140 g/mol. The normalized spacial score (nSPS) is 15.4. The molecule has 0 aromatic carbocycles. The van der Waals surface area contributed by atoms with Crippen molar-refractivity contribution in [2.75, 3.05) is 113 Å². The van der Waals surface area contributed by atoms with Crippen LogP contribution in [0.2, 0.25) is 59.7 Å². The third-order valence-electron chi connectivity index (χ3n) is 16.9. The number of hydrogen-bond donors (Lipinski definition) is 0. The van der Waals surface area contributed by atoms with Gasteiger partial charge in [0, 0.05) is 24.2 Å². The minimum absolute atomic E-state index is 0.450. The summed E-state index contributed by atoms with van der Waals surface area (Å²) in [5.41, 5.74) is 0. The summed E-state index contributed by atoms with van der Waals surface area (Å²) in [6, 6.07) is 6.08. The second-order valence-electron chi connectivity index (χ2n) is 24.0. The molecular formula is C55H130Al2GaInN8. The Morgan fingerprint density at radius 2 is 0.597 bits per heavy atom. The van der Waals surface area contributed by atoms with Gasteiger partial charge in [0.1, 0.15) is 0 Å². The Bertz CT molecular complexity index is 875. The van der Waals surface area contributed by atoms with Gasteiger partial charge in [-0.2, -0.15) is 0 Å². The summed E-state index contributed by atoms with van der Waals surface area (Å²) in [6.07, 6.45) is 11.3. The fraction of sp³-hybridized carbons (Fsp3) is 1.00. The first-order valence-electron chi connectivity index (χ1n) is 28.3. The molecule has 0 saturated carbocycles. The van der Waals surface area contributed by atoms with E-state index in [0.29, 0.717) is 0 Å². The fourth-order valence-corrected chi connectivity index (χ4v) is 28.1. The van der Waals surface area contributed by atoms with Crippen molar-refractivity contribution in [3.05, 3.63) is 0 Å². The van der Waals surface area contributed by atoms with Gasteiger partial charge < -0.3 is 19.6 Å². The Balaban J connectivity index is -0.000000395. The molecule has 0 spiro atoms. The maximum absolute atomic E-state index is 2.53. The molecule has 8 nitrogen and oxygen atoms in total. The molecule has 0 radical (unpaired) electrons. The summed E-state index contributed by atoms with van der Waals surface area (Å²) in [7, 11) is 35.1. The molecule has 0 aliphatic carbocycles. The van der Waals surface area contributed by atoms with Crippen LogP contribution in [0.25, 0.3) is 0 Å². The molecule has 0 N–H and O–H groups in total. The second kappa shape index (κ2) is 46.8. The molecule has 12 heteroatoms. The average molecular weight is 1140 g/mol. The van der Waals surface area contributed by atoms with Crippen molar-refractivity contribution < 1.29 is 0 Å². The first-order chi connectivity index (χ1) is 31.0. The molecule has 0 amide bonds. The van der Waals surface area contributed by atoms with E-state index in [1.54, 1.807) is 22.5 Å². The number of rotatable bonds is 35. The van der Waals surface area contributed by atoms with E-state index >= 15 is 0 Å². The van der Waals surface area contributed by atoms with Crippen LogP contribution in [0.5, 0.6) is 0 Å². The molecule has 0 aliphatic rings. The van der Waals surface area contributed by atoms with E-state index in [-0.39, 0.29) is 0 Å². The predicted molar refractivity (Wildman–Crippen MR) is 321 cm³/mol. The summed E-state index contributed by atoms with van der Waals surface area (Å²) in [6.45, 7) is 26.1. The van der Waals surface area contributed by atoms with Crippen molar-refractivity contribution >= 4 is 66.0 Å². The number of nitrogens with zero attached hydrogens (tertiary/aromatic N) is 8. The predicted octanol–water partition coefficient (Wildman–Crippen LogP) is 12.3. The molecule has 0 aromatic heterocycles. The van der Waals surface area contributed by atoms with E-state index in [9.17, 15) is 0 Å². The van der Waals surface area contributed by atoms with Crippen molar-refractivity contribution in [2.45, 2.75) is 236 Å². The summed E-state index contributed by atoms with van der Waals surface area (Å²) in [4.78, 5) is 23.5. The summed E-state index contributed by atoms with van der Waals surface area (Å²) >= 11 is -3.02. The third-order valence-corrected chi connectivity index (χ3v) is 40.1. The van der Waals surface area contributed by atoms with Gasteiger partial charge in [-0.05, 0) is 110 Å². The molecule has 402 valence electrons. The quantitative estimate of drug-likeness (QED) is 0.0579. The standard InChI is InChI=1S/8C6H14N.3C2H5.CH3.2Al.Ga.In/c8*1-5-6(2)7(3)4;3*1-2;;;;;/h8*6H,1,5H2,2-4H3;3*1H2,2H3;1H3;;;;. The average Bonchev–Trinajstić information content (AvgIpc) is 3.26. The topological polar surface area (TPSA) is 25.9 Å². The number of hydrogen-bond acceptors (Lipinski definition) is 8. The van der Waals surface area contributed by atoms with Crippen LogP contribution in [0.3, 0.4) is 0 Å². The zero-order chi connectivity index (χ0) is 53.0. The van der Waals surface area contributed by atoms with E-state index in [1.807, 2.05) is 0 Å². The molecule has 8 unspecified atom stereocenters. The third kappa shape index (κ3) is 46.5. The SMILES string of the molecule is CC(C[CH2][Al]([CH3])[CH2]CC(C)N(C)C)N(C)C.C[CH2][Al]([CH2]CC(C)N(C)C)[CH2]CC(C)N(C)C.C[CH2][Ga]([CH2]CC(C)N(C)C)[CH2]CC(C)N(C)C.C[CH2][In]([CH2]CC(C)N(C)C)[CH2]CC(C)N(C)C. The molecule has 67 heavy (non-hydrogen) atoms. The van der Waals surface area contributed by atoms with Crippen molar-refractivity contribution in [1.29, 1.82) is 0 Å². The molecule has 0 fully saturated rings. The summed E-state index contributed by atoms with van der Waals surface area (Å²) < 4.78 is 4.73. The molecule has 0 bridgehead atoms. The van der Waals surface area contributed by atoms with Gasteiger partial charge in [-0.25, -0.2) is 0 Å². The Kier molecular flexibility index (Phi) is 52.9. The van der Waals surface area contributed by atoms with Gasteiger partial charge in [-0.1, -0.05) is 33.3 Å². The van der Waals surface area contributed by atoms with E-state index in [4.69, 9.17) is 0 Å². The van der Waals surface area contributed by atoms with Crippen LogP contribution >= 0.6 is 0 Å². The Morgan fingerprint density at radius 3 is 0.821 bits per heavy atom. The van der Waals surface area contributed by atoms with Gasteiger partial charge in [-0.3, -0.25) is 0 Å². The molecule has 0 aromatic rings. The van der Waals surface area contributed by atoms with E-state index in [2.05, 4.69) is 234 Å². The van der Waals surface area contributed by atoms with Crippen molar-refractivity contribution in [1.82, 2.24) is 39.2 Å².